The number of hydrogen-bond acceptors (Lipinski definition) is 3. The molecule has 0 heterocycles. The molecule has 2 aliphatic carbocycles. The van der Waals surface area contributed by atoms with E-state index < -0.39 is 0 Å². The molecule has 16 heavy (non-hydrogen) atoms. The summed E-state index contributed by atoms with van der Waals surface area (Å²) in [4.78, 5) is 23.5. The summed E-state index contributed by atoms with van der Waals surface area (Å²) in [6, 6.07) is 0. The molecule has 0 unspecified atom stereocenters. The van der Waals surface area contributed by atoms with Crippen molar-refractivity contribution >= 4 is 11.8 Å². The highest BCUT2D eigenvalue weighted by atomic mass is 16.5. The van der Waals surface area contributed by atoms with Gasteiger partial charge in [0.1, 0.15) is 5.78 Å². The van der Waals surface area contributed by atoms with Crippen LogP contribution in [0, 0.1) is 17.3 Å². The van der Waals surface area contributed by atoms with Gasteiger partial charge in [-0.3, -0.25) is 9.59 Å². The Morgan fingerprint density at radius 1 is 1.56 bits per heavy atom. The minimum Gasteiger partial charge on any atom is -0.469 e. The van der Waals surface area contributed by atoms with Crippen LogP contribution in [0.4, 0.5) is 0 Å². The average Bonchev–Trinajstić information content (AvgIpc) is 2.80. The second-order valence-electron chi connectivity index (χ2n) is 5.27. The van der Waals surface area contributed by atoms with Gasteiger partial charge in [0.15, 0.2) is 0 Å². The smallest absolute Gasteiger partial charge is 0.305 e. The first kappa shape index (κ1) is 11.6. The summed E-state index contributed by atoms with van der Waals surface area (Å²) in [6.07, 6.45) is 5.42. The number of esters is 1. The number of hydrogen-bond donors (Lipinski definition) is 0. The Bertz CT molecular complexity index is 310. The Labute approximate surface area is 96.5 Å². The number of carbonyl (C=O) groups is 2. The predicted molar refractivity (Wildman–Crippen MR) is 59.8 cm³/mol. The molecule has 2 aliphatic rings. The quantitative estimate of drug-likeness (QED) is 0.691. The van der Waals surface area contributed by atoms with Crippen LogP contribution in [0.25, 0.3) is 0 Å². The number of ether oxygens (including phenoxy) is 1. The molecule has 0 aromatic heterocycles. The molecule has 3 nitrogen and oxygen atoms in total. The van der Waals surface area contributed by atoms with Crippen molar-refractivity contribution in [2.45, 2.75) is 45.4 Å². The van der Waals surface area contributed by atoms with Crippen LogP contribution in [-0.2, 0) is 14.3 Å². The molecule has 3 heteroatoms. The van der Waals surface area contributed by atoms with Crippen molar-refractivity contribution in [1.82, 2.24) is 0 Å². The van der Waals surface area contributed by atoms with E-state index in [0.29, 0.717) is 18.1 Å². The summed E-state index contributed by atoms with van der Waals surface area (Å²) in [5, 5.41) is 0. The first-order chi connectivity index (χ1) is 7.61. The van der Waals surface area contributed by atoms with Gasteiger partial charge in [0.05, 0.1) is 7.11 Å². The summed E-state index contributed by atoms with van der Waals surface area (Å²) in [5.41, 5.74) is -0.186. The molecule has 90 valence electrons. The van der Waals surface area contributed by atoms with E-state index in [4.69, 9.17) is 4.74 Å². The van der Waals surface area contributed by atoms with Gasteiger partial charge in [0, 0.05) is 18.3 Å². The lowest BCUT2D eigenvalue weighted by molar-refractivity contribution is -0.144. The highest BCUT2D eigenvalue weighted by molar-refractivity contribution is 5.88. The van der Waals surface area contributed by atoms with Gasteiger partial charge in [-0.05, 0) is 31.1 Å². The van der Waals surface area contributed by atoms with E-state index in [1.807, 2.05) is 6.92 Å². The summed E-state index contributed by atoms with van der Waals surface area (Å²) in [5.74, 6) is 0.876. The molecule has 0 aromatic carbocycles. The molecule has 0 N–H and O–H groups in total. The second kappa shape index (κ2) is 4.19. The lowest BCUT2D eigenvalue weighted by atomic mass is 9.68. The Morgan fingerprint density at radius 3 is 3.00 bits per heavy atom. The first-order valence-electron chi connectivity index (χ1n) is 6.21. The zero-order valence-electron chi connectivity index (χ0n) is 10.1. The van der Waals surface area contributed by atoms with E-state index in [-0.39, 0.29) is 17.3 Å². The van der Waals surface area contributed by atoms with Crippen molar-refractivity contribution in [1.29, 1.82) is 0 Å². The number of fused-ring (bicyclic) bond motifs is 1. The molecule has 3 atom stereocenters. The minimum atomic E-state index is -0.188. The number of Topliss-reactive ketones (excluding diaryl/α,β-unsaturated/α-hetero) is 1. The van der Waals surface area contributed by atoms with Crippen molar-refractivity contribution < 1.29 is 14.3 Å². The predicted octanol–water partition coefficient (Wildman–Crippen LogP) is 2.33. The van der Waals surface area contributed by atoms with Crippen molar-refractivity contribution in [3.05, 3.63) is 0 Å². The highest BCUT2D eigenvalue weighted by Crippen LogP contribution is 2.57. The van der Waals surface area contributed by atoms with Crippen molar-refractivity contribution in [2.24, 2.45) is 17.3 Å². The lowest BCUT2D eigenvalue weighted by Gasteiger charge is -2.33. The molecule has 0 bridgehead atoms. The largest absolute Gasteiger partial charge is 0.469 e. The number of methoxy groups -OCH3 is 1. The third-order valence-corrected chi connectivity index (χ3v) is 4.69. The van der Waals surface area contributed by atoms with Crippen LogP contribution in [-0.4, -0.2) is 18.9 Å². The zero-order chi connectivity index (χ0) is 11.8. The summed E-state index contributed by atoms with van der Waals surface area (Å²) >= 11 is 0. The van der Waals surface area contributed by atoms with E-state index in [2.05, 4.69) is 0 Å². The fraction of sp³-hybridized carbons (Fsp3) is 0.846. The molecule has 0 saturated heterocycles. The Balaban J connectivity index is 2.16. The number of rotatable bonds is 3. The molecule has 0 aromatic rings. The van der Waals surface area contributed by atoms with Crippen LogP contribution < -0.4 is 0 Å². The third kappa shape index (κ3) is 1.57. The molecule has 0 amide bonds. The van der Waals surface area contributed by atoms with Gasteiger partial charge < -0.3 is 4.74 Å². The first-order valence-corrected chi connectivity index (χ1v) is 6.21. The van der Waals surface area contributed by atoms with Crippen LogP contribution in [0.5, 0.6) is 0 Å². The van der Waals surface area contributed by atoms with E-state index >= 15 is 0 Å². The SMILES string of the molecule is COC(=O)C[C@@H](C)[C@]12CCC[C@H]1CCC2=O. The van der Waals surface area contributed by atoms with Gasteiger partial charge >= 0.3 is 5.97 Å². The second-order valence-corrected chi connectivity index (χ2v) is 5.27. The van der Waals surface area contributed by atoms with Crippen LogP contribution >= 0.6 is 0 Å². The topological polar surface area (TPSA) is 43.4 Å². The highest BCUT2D eigenvalue weighted by Gasteiger charge is 2.55. The monoisotopic (exact) mass is 224 g/mol. The van der Waals surface area contributed by atoms with Crippen molar-refractivity contribution in [3.8, 4) is 0 Å². The van der Waals surface area contributed by atoms with Crippen LogP contribution in [0.1, 0.15) is 45.4 Å². The van der Waals surface area contributed by atoms with E-state index in [9.17, 15) is 9.59 Å². The average molecular weight is 224 g/mol. The molecule has 2 fully saturated rings. The number of ketones is 1. The summed E-state index contributed by atoms with van der Waals surface area (Å²) in [7, 11) is 1.41. The molecule has 2 rings (SSSR count). The normalized spacial score (nSPS) is 34.9. The Kier molecular flexibility index (Phi) is 3.04. The van der Waals surface area contributed by atoms with Crippen LogP contribution in [0.3, 0.4) is 0 Å². The van der Waals surface area contributed by atoms with Crippen molar-refractivity contribution in [3.63, 3.8) is 0 Å². The van der Waals surface area contributed by atoms with Crippen molar-refractivity contribution in [2.75, 3.05) is 7.11 Å². The van der Waals surface area contributed by atoms with Crippen LogP contribution in [0.2, 0.25) is 0 Å². The molecular weight excluding hydrogens is 204 g/mol. The van der Waals surface area contributed by atoms with Gasteiger partial charge in [-0.1, -0.05) is 13.3 Å². The summed E-state index contributed by atoms with van der Waals surface area (Å²) < 4.78 is 4.71. The molecular formula is C13H20O3. The van der Waals surface area contributed by atoms with E-state index in [1.54, 1.807) is 0 Å². The fourth-order valence-corrected chi connectivity index (χ4v) is 3.85. The van der Waals surface area contributed by atoms with Gasteiger partial charge in [-0.2, -0.15) is 0 Å². The maximum Gasteiger partial charge on any atom is 0.305 e. The maximum atomic E-state index is 12.1. The third-order valence-electron chi connectivity index (χ3n) is 4.69. The van der Waals surface area contributed by atoms with Crippen LogP contribution in [0.15, 0.2) is 0 Å². The van der Waals surface area contributed by atoms with Gasteiger partial charge in [-0.15, -0.1) is 0 Å². The minimum absolute atomic E-state index is 0.141. The molecule has 2 saturated carbocycles. The Morgan fingerprint density at radius 2 is 2.31 bits per heavy atom. The van der Waals surface area contributed by atoms with E-state index in [0.717, 1.165) is 32.1 Å². The number of carbonyl (C=O) groups excluding carboxylic acids is 2. The van der Waals surface area contributed by atoms with E-state index in [1.165, 1.54) is 7.11 Å². The molecule has 0 radical (unpaired) electrons. The summed E-state index contributed by atoms with van der Waals surface area (Å²) in [6.45, 7) is 2.04. The Hall–Kier alpha value is -0.860. The standard InChI is InChI=1S/C13H20O3/c1-9(8-12(15)16-2)13-7-3-4-10(13)5-6-11(13)14/h9-10H,3-8H2,1-2H3/t9-,10+,13-/m1/s1. The molecule has 0 spiro atoms. The maximum absolute atomic E-state index is 12.1. The fourth-order valence-electron chi connectivity index (χ4n) is 3.85. The molecule has 0 aliphatic heterocycles. The zero-order valence-corrected chi connectivity index (χ0v) is 10.1. The van der Waals surface area contributed by atoms with Gasteiger partial charge in [0.25, 0.3) is 0 Å². The lowest BCUT2D eigenvalue weighted by Crippen LogP contribution is -2.36. The van der Waals surface area contributed by atoms with Gasteiger partial charge in [-0.25, -0.2) is 0 Å². The van der Waals surface area contributed by atoms with Gasteiger partial charge in [0.2, 0.25) is 0 Å².